The highest BCUT2D eigenvalue weighted by Gasteiger charge is 1.99. The van der Waals surface area contributed by atoms with Crippen LogP contribution < -0.4 is 0 Å². The van der Waals surface area contributed by atoms with E-state index >= 15 is 0 Å². The van der Waals surface area contributed by atoms with Crippen molar-refractivity contribution in [3.8, 4) is 11.1 Å². The van der Waals surface area contributed by atoms with Crippen molar-refractivity contribution in [2.24, 2.45) is 0 Å². The molecule has 1 heteroatoms. The highest BCUT2D eigenvalue weighted by molar-refractivity contribution is 5.99. The molecule has 0 saturated heterocycles. The third-order valence-electron chi connectivity index (χ3n) is 2.31. The Morgan fingerprint density at radius 2 is 1.33 bits per heavy atom. The molecular weight excluding hydrogens is 184 g/mol. The van der Waals surface area contributed by atoms with E-state index in [0.717, 1.165) is 11.1 Å². The van der Waals surface area contributed by atoms with E-state index in [-0.39, 0.29) is 5.78 Å². The normalized spacial score (nSPS) is 9.93. The molecule has 0 aromatic heterocycles. The van der Waals surface area contributed by atoms with E-state index in [4.69, 9.17) is 0 Å². The number of carbonyl (C=O) groups is 1. The molecule has 73 valence electrons. The summed E-state index contributed by atoms with van der Waals surface area (Å²) >= 11 is 0. The molecule has 0 atom stereocenters. The molecule has 2 aromatic rings. The van der Waals surface area contributed by atoms with Crippen molar-refractivity contribution >= 4 is 5.78 Å². The van der Waals surface area contributed by atoms with Gasteiger partial charge in [0.15, 0.2) is 5.78 Å². The summed E-state index contributed by atoms with van der Waals surface area (Å²) in [6.45, 7) is 3.37. The molecule has 1 radical (unpaired) electrons. The van der Waals surface area contributed by atoms with E-state index in [1.54, 1.807) is 12.1 Å². The Kier molecular flexibility index (Phi) is 2.64. The molecule has 0 bridgehead atoms. The maximum Gasteiger partial charge on any atom is 0.163 e. The summed E-state index contributed by atoms with van der Waals surface area (Å²) in [5.41, 5.74) is 2.91. The molecule has 0 aliphatic heterocycles. The van der Waals surface area contributed by atoms with Crippen LogP contribution in [-0.2, 0) is 0 Å². The van der Waals surface area contributed by atoms with Gasteiger partial charge in [-0.2, -0.15) is 0 Å². The number of carbonyl (C=O) groups excluding carboxylic acids is 1. The molecule has 0 aliphatic rings. The van der Waals surface area contributed by atoms with Crippen LogP contribution in [0.2, 0.25) is 0 Å². The first-order chi connectivity index (χ1) is 7.27. The van der Waals surface area contributed by atoms with Crippen LogP contribution in [0.15, 0.2) is 54.6 Å². The molecule has 15 heavy (non-hydrogen) atoms. The zero-order chi connectivity index (χ0) is 10.7. The molecule has 0 N–H and O–H groups in total. The quantitative estimate of drug-likeness (QED) is 0.671. The molecule has 0 amide bonds. The standard InChI is InChI=1S/C14H11O/c1-11(15)12-7-9-14(10-8-12)13-5-3-2-4-6-13/h2-10H,1H2. The van der Waals surface area contributed by atoms with Crippen LogP contribution in [0, 0.1) is 6.92 Å². The van der Waals surface area contributed by atoms with Crippen LogP contribution in [0.3, 0.4) is 0 Å². The lowest BCUT2D eigenvalue weighted by atomic mass is 10.0. The van der Waals surface area contributed by atoms with Crippen LogP contribution in [0.25, 0.3) is 11.1 Å². The van der Waals surface area contributed by atoms with E-state index in [0.29, 0.717) is 5.56 Å². The Labute approximate surface area is 89.4 Å². The fourth-order valence-corrected chi connectivity index (χ4v) is 1.48. The van der Waals surface area contributed by atoms with Gasteiger partial charge in [0.1, 0.15) is 0 Å². The largest absolute Gasteiger partial charge is 0.294 e. The Morgan fingerprint density at radius 3 is 1.87 bits per heavy atom. The summed E-state index contributed by atoms with van der Waals surface area (Å²) in [5, 5.41) is 0. The second-order valence-electron chi connectivity index (χ2n) is 3.37. The van der Waals surface area contributed by atoms with Gasteiger partial charge >= 0.3 is 0 Å². The zero-order valence-electron chi connectivity index (χ0n) is 8.31. The molecule has 0 unspecified atom stereocenters. The maximum atomic E-state index is 11.0. The van der Waals surface area contributed by atoms with Gasteiger partial charge in [-0.1, -0.05) is 54.6 Å². The van der Waals surface area contributed by atoms with E-state index < -0.39 is 0 Å². The van der Waals surface area contributed by atoms with Crippen molar-refractivity contribution in [3.05, 3.63) is 67.1 Å². The van der Waals surface area contributed by atoms with Gasteiger partial charge in [-0.3, -0.25) is 4.79 Å². The summed E-state index contributed by atoms with van der Waals surface area (Å²) < 4.78 is 0. The second kappa shape index (κ2) is 4.09. The number of benzene rings is 2. The first-order valence-corrected chi connectivity index (χ1v) is 4.79. The minimum absolute atomic E-state index is 0.144. The monoisotopic (exact) mass is 195 g/mol. The van der Waals surface area contributed by atoms with Crippen LogP contribution in [0.4, 0.5) is 0 Å². The van der Waals surface area contributed by atoms with Crippen molar-refractivity contribution < 1.29 is 4.79 Å². The Balaban J connectivity index is 2.36. The van der Waals surface area contributed by atoms with Gasteiger partial charge in [0.2, 0.25) is 0 Å². The van der Waals surface area contributed by atoms with Gasteiger partial charge in [-0.05, 0) is 11.1 Å². The Hall–Kier alpha value is -1.89. The van der Waals surface area contributed by atoms with E-state index in [1.807, 2.05) is 42.5 Å². The van der Waals surface area contributed by atoms with E-state index in [9.17, 15) is 4.79 Å². The van der Waals surface area contributed by atoms with Gasteiger partial charge in [-0.25, -0.2) is 0 Å². The second-order valence-corrected chi connectivity index (χ2v) is 3.37. The third-order valence-corrected chi connectivity index (χ3v) is 2.31. The average Bonchev–Trinajstić information content (AvgIpc) is 2.30. The SMILES string of the molecule is [CH2]C(=O)c1ccc(-c2ccccc2)cc1. The molecule has 2 aromatic carbocycles. The van der Waals surface area contributed by atoms with Crippen LogP contribution in [0.5, 0.6) is 0 Å². The fourth-order valence-electron chi connectivity index (χ4n) is 1.48. The van der Waals surface area contributed by atoms with Crippen molar-refractivity contribution in [1.29, 1.82) is 0 Å². The minimum Gasteiger partial charge on any atom is -0.294 e. The average molecular weight is 195 g/mol. The Morgan fingerprint density at radius 1 is 0.800 bits per heavy atom. The number of Topliss-reactive ketones (excluding diaryl/α,β-unsaturated/α-hetero) is 1. The zero-order valence-corrected chi connectivity index (χ0v) is 8.31. The van der Waals surface area contributed by atoms with Crippen molar-refractivity contribution in [3.63, 3.8) is 0 Å². The van der Waals surface area contributed by atoms with Gasteiger partial charge in [-0.15, -0.1) is 0 Å². The van der Waals surface area contributed by atoms with Gasteiger partial charge in [0.05, 0.1) is 0 Å². The smallest absolute Gasteiger partial charge is 0.163 e. The lowest BCUT2D eigenvalue weighted by molar-refractivity contribution is 0.104. The van der Waals surface area contributed by atoms with E-state index in [1.165, 1.54) is 0 Å². The van der Waals surface area contributed by atoms with Gasteiger partial charge in [0, 0.05) is 12.5 Å². The maximum absolute atomic E-state index is 11.0. The molecule has 2 rings (SSSR count). The van der Waals surface area contributed by atoms with Gasteiger partial charge < -0.3 is 0 Å². The molecular formula is C14H11O. The first kappa shape index (κ1) is 9.66. The summed E-state index contributed by atoms with van der Waals surface area (Å²) in [5.74, 6) is -0.144. The topological polar surface area (TPSA) is 17.1 Å². The predicted molar refractivity (Wildman–Crippen MR) is 61.6 cm³/mol. The summed E-state index contributed by atoms with van der Waals surface area (Å²) in [4.78, 5) is 11.0. The summed E-state index contributed by atoms with van der Waals surface area (Å²) in [6, 6.07) is 17.5. The van der Waals surface area contributed by atoms with Crippen LogP contribution in [-0.4, -0.2) is 5.78 Å². The number of hydrogen-bond acceptors (Lipinski definition) is 1. The Bertz CT molecular complexity index is 454. The van der Waals surface area contributed by atoms with Crippen molar-refractivity contribution in [2.75, 3.05) is 0 Å². The van der Waals surface area contributed by atoms with Crippen molar-refractivity contribution in [1.82, 2.24) is 0 Å². The highest BCUT2D eigenvalue weighted by Crippen LogP contribution is 2.19. The number of hydrogen-bond donors (Lipinski definition) is 0. The van der Waals surface area contributed by atoms with Crippen LogP contribution in [0.1, 0.15) is 10.4 Å². The van der Waals surface area contributed by atoms with E-state index in [2.05, 4.69) is 6.92 Å². The highest BCUT2D eigenvalue weighted by atomic mass is 16.1. The first-order valence-electron chi connectivity index (χ1n) is 4.79. The third kappa shape index (κ3) is 2.13. The molecule has 0 heterocycles. The molecule has 0 aliphatic carbocycles. The number of rotatable bonds is 2. The predicted octanol–water partition coefficient (Wildman–Crippen LogP) is 3.37. The molecule has 0 saturated carbocycles. The number of ketones is 1. The molecule has 0 fully saturated rings. The minimum atomic E-state index is -0.144. The van der Waals surface area contributed by atoms with Gasteiger partial charge in [0.25, 0.3) is 0 Å². The summed E-state index contributed by atoms with van der Waals surface area (Å²) in [7, 11) is 0. The lowest BCUT2D eigenvalue weighted by Gasteiger charge is -2.01. The molecule has 0 spiro atoms. The van der Waals surface area contributed by atoms with Crippen LogP contribution >= 0.6 is 0 Å². The van der Waals surface area contributed by atoms with Crippen molar-refractivity contribution in [2.45, 2.75) is 0 Å². The lowest BCUT2D eigenvalue weighted by Crippen LogP contribution is -1.91. The summed E-state index contributed by atoms with van der Waals surface area (Å²) in [6.07, 6.45) is 0. The fraction of sp³-hybridized carbons (Fsp3) is 0. The molecule has 1 nitrogen and oxygen atoms in total.